The lowest BCUT2D eigenvalue weighted by atomic mass is 10.0. The number of imidazole rings is 1. The van der Waals surface area contributed by atoms with Gasteiger partial charge in [-0.3, -0.25) is 0 Å². The zero-order chi connectivity index (χ0) is 11.5. The van der Waals surface area contributed by atoms with Crippen molar-refractivity contribution in [2.24, 2.45) is 5.73 Å². The fourth-order valence-electron chi connectivity index (χ4n) is 1.75. The van der Waals surface area contributed by atoms with Crippen molar-refractivity contribution in [3.05, 3.63) is 34.2 Å². The van der Waals surface area contributed by atoms with Gasteiger partial charge in [-0.2, -0.15) is 0 Å². The summed E-state index contributed by atoms with van der Waals surface area (Å²) in [6.45, 7) is 0.878. The molecule has 0 aliphatic carbocycles. The van der Waals surface area contributed by atoms with Gasteiger partial charge in [0.25, 0.3) is 0 Å². The molecule has 0 fully saturated rings. The third-order valence-corrected chi connectivity index (χ3v) is 2.67. The van der Waals surface area contributed by atoms with Gasteiger partial charge in [-0.25, -0.2) is 4.79 Å². The average molecular weight is 220 g/mol. The summed E-state index contributed by atoms with van der Waals surface area (Å²) in [7, 11) is 1.90. The number of nitrogens with one attached hydrogen (secondary N) is 3. The highest BCUT2D eigenvalue weighted by Crippen LogP contribution is 2.17. The summed E-state index contributed by atoms with van der Waals surface area (Å²) in [6, 6.07) is 5.75. The molecule has 0 saturated heterocycles. The number of nitrogens with two attached hydrogens (primary N) is 1. The first-order chi connectivity index (χ1) is 7.70. The molecule has 1 unspecified atom stereocenters. The third kappa shape index (κ3) is 2.15. The molecule has 2 aromatic rings. The number of benzene rings is 1. The fourth-order valence-corrected chi connectivity index (χ4v) is 1.75. The summed E-state index contributed by atoms with van der Waals surface area (Å²) >= 11 is 0. The highest BCUT2D eigenvalue weighted by atomic mass is 16.1. The Balaban J connectivity index is 2.27. The van der Waals surface area contributed by atoms with Crippen molar-refractivity contribution in [2.45, 2.75) is 12.5 Å². The number of rotatable bonds is 4. The maximum atomic E-state index is 11.1. The van der Waals surface area contributed by atoms with Gasteiger partial charge in [0.2, 0.25) is 0 Å². The van der Waals surface area contributed by atoms with Gasteiger partial charge in [-0.05, 0) is 37.7 Å². The van der Waals surface area contributed by atoms with Gasteiger partial charge in [-0.15, -0.1) is 0 Å². The molecule has 1 aromatic heterocycles. The van der Waals surface area contributed by atoms with Crippen LogP contribution in [0.4, 0.5) is 0 Å². The molecule has 0 radical (unpaired) electrons. The molecule has 0 aliphatic heterocycles. The van der Waals surface area contributed by atoms with E-state index in [0.29, 0.717) is 0 Å². The van der Waals surface area contributed by atoms with Crippen LogP contribution in [0.25, 0.3) is 11.0 Å². The van der Waals surface area contributed by atoms with Crippen molar-refractivity contribution < 1.29 is 0 Å². The Bertz CT molecular complexity index is 528. The molecule has 1 atom stereocenters. The van der Waals surface area contributed by atoms with E-state index in [1.807, 2.05) is 25.2 Å². The molecule has 5 N–H and O–H groups in total. The second-order valence-corrected chi connectivity index (χ2v) is 3.88. The Morgan fingerprint density at radius 2 is 2.12 bits per heavy atom. The van der Waals surface area contributed by atoms with Gasteiger partial charge < -0.3 is 21.0 Å². The summed E-state index contributed by atoms with van der Waals surface area (Å²) in [6.07, 6.45) is 0.872. The number of aromatic nitrogens is 2. The largest absolute Gasteiger partial charge is 0.324 e. The molecule has 1 heterocycles. The smallest absolute Gasteiger partial charge is 0.323 e. The molecule has 16 heavy (non-hydrogen) atoms. The Hall–Kier alpha value is -1.59. The van der Waals surface area contributed by atoms with Crippen molar-refractivity contribution in [3.8, 4) is 0 Å². The molecular weight excluding hydrogens is 204 g/mol. The van der Waals surface area contributed by atoms with E-state index < -0.39 is 0 Å². The normalized spacial score (nSPS) is 13.1. The molecule has 0 aliphatic rings. The van der Waals surface area contributed by atoms with Crippen molar-refractivity contribution >= 4 is 11.0 Å². The van der Waals surface area contributed by atoms with Crippen molar-refractivity contribution in [3.63, 3.8) is 0 Å². The van der Waals surface area contributed by atoms with E-state index in [0.717, 1.165) is 29.6 Å². The minimum Gasteiger partial charge on any atom is -0.324 e. The van der Waals surface area contributed by atoms with Crippen molar-refractivity contribution in [1.82, 2.24) is 15.3 Å². The lowest BCUT2D eigenvalue weighted by Crippen LogP contribution is -2.17. The maximum Gasteiger partial charge on any atom is 0.323 e. The third-order valence-electron chi connectivity index (χ3n) is 2.67. The topological polar surface area (TPSA) is 86.7 Å². The summed E-state index contributed by atoms with van der Waals surface area (Å²) < 4.78 is 0. The van der Waals surface area contributed by atoms with Crippen LogP contribution < -0.4 is 16.7 Å². The lowest BCUT2D eigenvalue weighted by molar-refractivity contribution is 0.616. The minimum atomic E-state index is -0.184. The van der Waals surface area contributed by atoms with Crippen LogP contribution in [-0.2, 0) is 0 Å². The number of fused-ring (bicyclic) bond motifs is 1. The van der Waals surface area contributed by atoms with E-state index in [4.69, 9.17) is 5.73 Å². The number of hydrogen-bond donors (Lipinski definition) is 4. The number of aromatic amines is 2. The van der Waals surface area contributed by atoms with E-state index in [1.54, 1.807) is 0 Å². The second-order valence-electron chi connectivity index (χ2n) is 3.88. The number of hydrogen-bond acceptors (Lipinski definition) is 3. The summed E-state index contributed by atoms with van der Waals surface area (Å²) in [5.74, 6) is 0. The van der Waals surface area contributed by atoms with E-state index in [9.17, 15) is 4.79 Å². The van der Waals surface area contributed by atoms with Crippen LogP contribution in [-0.4, -0.2) is 23.6 Å². The standard InChI is InChI=1S/C11H16N4O/c1-13-5-4-8(12)7-2-3-9-10(6-7)15-11(16)14-9/h2-3,6,8,13H,4-5,12H2,1H3,(H2,14,15,16). The monoisotopic (exact) mass is 220 g/mol. The fraction of sp³-hybridized carbons (Fsp3) is 0.364. The Morgan fingerprint density at radius 3 is 2.88 bits per heavy atom. The molecule has 0 spiro atoms. The van der Waals surface area contributed by atoms with E-state index >= 15 is 0 Å². The summed E-state index contributed by atoms with van der Waals surface area (Å²) in [5, 5.41) is 3.07. The van der Waals surface area contributed by atoms with Crippen LogP contribution in [0.5, 0.6) is 0 Å². The van der Waals surface area contributed by atoms with Crippen LogP contribution in [0, 0.1) is 0 Å². The summed E-state index contributed by atoms with van der Waals surface area (Å²) in [4.78, 5) is 16.5. The van der Waals surface area contributed by atoms with E-state index in [2.05, 4.69) is 15.3 Å². The first kappa shape index (κ1) is 10.9. The molecule has 5 heteroatoms. The minimum absolute atomic E-state index is 0.00440. The predicted octanol–water partition coefficient (Wildman–Crippen LogP) is 0.465. The average Bonchev–Trinajstić information content (AvgIpc) is 2.64. The molecule has 0 amide bonds. The zero-order valence-electron chi connectivity index (χ0n) is 9.21. The highest BCUT2D eigenvalue weighted by molar-refractivity contribution is 5.75. The quantitative estimate of drug-likeness (QED) is 0.604. The van der Waals surface area contributed by atoms with Crippen LogP contribution in [0.3, 0.4) is 0 Å². The van der Waals surface area contributed by atoms with Crippen molar-refractivity contribution in [2.75, 3.05) is 13.6 Å². The van der Waals surface area contributed by atoms with Gasteiger partial charge in [0.15, 0.2) is 0 Å². The maximum absolute atomic E-state index is 11.1. The Morgan fingerprint density at radius 1 is 1.38 bits per heavy atom. The van der Waals surface area contributed by atoms with Gasteiger partial charge in [-0.1, -0.05) is 6.07 Å². The van der Waals surface area contributed by atoms with E-state index in [-0.39, 0.29) is 11.7 Å². The molecular formula is C11H16N4O. The molecule has 5 nitrogen and oxygen atoms in total. The number of H-pyrrole nitrogens is 2. The van der Waals surface area contributed by atoms with Gasteiger partial charge in [0, 0.05) is 6.04 Å². The first-order valence-electron chi connectivity index (χ1n) is 5.33. The van der Waals surface area contributed by atoms with Gasteiger partial charge in [0.05, 0.1) is 11.0 Å². The lowest BCUT2D eigenvalue weighted by Gasteiger charge is -2.11. The van der Waals surface area contributed by atoms with Gasteiger partial charge in [0.1, 0.15) is 0 Å². The van der Waals surface area contributed by atoms with E-state index in [1.165, 1.54) is 0 Å². The Kier molecular flexibility index (Phi) is 3.07. The molecule has 1 aromatic carbocycles. The van der Waals surface area contributed by atoms with Crippen LogP contribution >= 0.6 is 0 Å². The van der Waals surface area contributed by atoms with Crippen LogP contribution in [0.15, 0.2) is 23.0 Å². The molecule has 0 bridgehead atoms. The first-order valence-corrected chi connectivity index (χ1v) is 5.33. The molecule has 86 valence electrons. The van der Waals surface area contributed by atoms with Gasteiger partial charge >= 0.3 is 5.69 Å². The van der Waals surface area contributed by atoms with Crippen LogP contribution in [0.1, 0.15) is 18.0 Å². The second kappa shape index (κ2) is 4.51. The molecule has 0 saturated carbocycles. The van der Waals surface area contributed by atoms with Crippen molar-refractivity contribution in [1.29, 1.82) is 0 Å². The highest BCUT2D eigenvalue weighted by Gasteiger charge is 2.07. The summed E-state index contributed by atoms with van der Waals surface area (Å²) in [5.41, 5.74) is 8.51. The van der Waals surface area contributed by atoms with Crippen LogP contribution in [0.2, 0.25) is 0 Å². The zero-order valence-corrected chi connectivity index (χ0v) is 9.21. The predicted molar refractivity (Wildman–Crippen MR) is 64.4 cm³/mol. The SMILES string of the molecule is CNCCC(N)c1ccc2[nH]c(=O)[nH]c2c1. The Labute approximate surface area is 93.1 Å². The molecule has 2 rings (SSSR count).